The van der Waals surface area contributed by atoms with Gasteiger partial charge in [0.1, 0.15) is 17.0 Å². The van der Waals surface area contributed by atoms with E-state index in [-0.39, 0.29) is 5.91 Å². The van der Waals surface area contributed by atoms with E-state index >= 15 is 0 Å². The van der Waals surface area contributed by atoms with E-state index in [4.69, 9.17) is 4.42 Å². The topological polar surface area (TPSA) is 73.0 Å². The second-order valence-corrected chi connectivity index (χ2v) is 5.13. The van der Waals surface area contributed by atoms with E-state index in [0.29, 0.717) is 13.0 Å². The molecule has 114 valence electrons. The fourth-order valence-electron chi connectivity index (χ4n) is 2.51. The maximum Gasteiger partial charge on any atom is 0.224 e. The van der Waals surface area contributed by atoms with Gasteiger partial charge in [-0.2, -0.15) is 15.0 Å². The molecule has 0 aliphatic rings. The zero-order chi connectivity index (χ0) is 15.5. The van der Waals surface area contributed by atoms with Crippen molar-refractivity contribution in [2.24, 2.45) is 7.05 Å². The summed E-state index contributed by atoms with van der Waals surface area (Å²) in [5.41, 5.74) is 2.54. The van der Waals surface area contributed by atoms with Crippen LogP contribution < -0.4 is 5.32 Å². The second-order valence-electron chi connectivity index (χ2n) is 5.13. The van der Waals surface area contributed by atoms with E-state index in [2.05, 4.69) is 15.5 Å². The molecule has 0 aliphatic heterocycles. The smallest absolute Gasteiger partial charge is 0.224 e. The number of nitrogens with zero attached hydrogens (tertiary/aromatic N) is 3. The van der Waals surface area contributed by atoms with Crippen molar-refractivity contribution in [2.45, 2.75) is 26.3 Å². The van der Waals surface area contributed by atoms with Crippen LogP contribution in [0.25, 0.3) is 11.0 Å². The van der Waals surface area contributed by atoms with E-state index in [1.165, 1.54) is 4.80 Å². The van der Waals surface area contributed by atoms with E-state index < -0.39 is 0 Å². The van der Waals surface area contributed by atoms with Crippen molar-refractivity contribution in [2.75, 3.05) is 0 Å². The summed E-state index contributed by atoms with van der Waals surface area (Å²) in [7, 11) is 1.75. The standard InChI is InChI=1S/C16H18N4O2/c1-3-14-13(12-6-4-5-7-15(12)22-14)8-16(21)17-9-11-10-18-20(2)19-11/h4-7,10H,3,8-9H2,1-2H3,(H,17,21). The van der Waals surface area contributed by atoms with Crippen molar-refractivity contribution in [1.82, 2.24) is 20.3 Å². The number of nitrogens with one attached hydrogen (secondary N) is 1. The summed E-state index contributed by atoms with van der Waals surface area (Å²) in [6.07, 6.45) is 2.72. The highest BCUT2D eigenvalue weighted by Crippen LogP contribution is 2.26. The Morgan fingerprint density at radius 1 is 1.36 bits per heavy atom. The van der Waals surface area contributed by atoms with E-state index in [9.17, 15) is 4.79 Å². The first-order valence-electron chi connectivity index (χ1n) is 7.28. The van der Waals surface area contributed by atoms with Crippen LogP contribution in [0.3, 0.4) is 0 Å². The number of carbonyl (C=O) groups is 1. The van der Waals surface area contributed by atoms with Crippen LogP contribution in [0.4, 0.5) is 0 Å². The minimum Gasteiger partial charge on any atom is -0.461 e. The van der Waals surface area contributed by atoms with Gasteiger partial charge in [-0.25, -0.2) is 0 Å². The molecule has 0 saturated heterocycles. The van der Waals surface area contributed by atoms with Crippen LogP contribution in [0.2, 0.25) is 0 Å². The zero-order valence-corrected chi connectivity index (χ0v) is 12.7. The SMILES string of the molecule is CCc1oc2ccccc2c1CC(=O)NCc1cnn(C)n1. The maximum atomic E-state index is 12.2. The van der Waals surface area contributed by atoms with Crippen LogP contribution >= 0.6 is 0 Å². The molecule has 1 amide bonds. The Kier molecular flexibility index (Phi) is 3.91. The van der Waals surface area contributed by atoms with Crippen molar-refractivity contribution in [3.8, 4) is 0 Å². The zero-order valence-electron chi connectivity index (χ0n) is 12.7. The van der Waals surface area contributed by atoms with Gasteiger partial charge in [0.05, 0.1) is 19.2 Å². The first kappa shape index (κ1) is 14.3. The molecule has 0 spiro atoms. The minimum absolute atomic E-state index is 0.0492. The number of hydrogen-bond donors (Lipinski definition) is 1. The maximum absolute atomic E-state index is 12.2. The number of furan rings is 1. The van der Waals surface area contributed by atoms with Gasteiger partial charge in [0.15, 0.2) is 0 Å². The third kappa shape index (κ3) is 2.86. The van der Waals surface area contributed by atoms with Crippen molar-refractivity contribution in [1.29, 1.82) is 0 Å². The highest BCUT2D eigenvalue weighted by Gasteiger charge is 2.15. The molecule has 22 heavy (non-hydrogen) atoms. The molecule has 6 heteroatoms. The van der Waals surface area contributed by atoms with Gasteiger partial charge in [0, 0.05) is 24.4 Å². The third-order valence-electron chi connectivity index (χ3n) is 3.55. The Morgan fingerprint density at radius 3 is 2.91 bits per heavy atom. The molecule has 2 heterocycles. The van der Waals surface area contributed by atoms with Crippen molar-refractivity contribution in [3.05, 3.63) is 47.5 Å². The lowest BCUT2D eigenvalue weighted by Gasteiger charge is -2.03. The molecule has 6 nitrogen and oxygen atoms in total. The van der Waals surface area contributed by atoms with Gasteiger partial charge in [0.2, 0.25) is 5.91 Å². The number of rotatable bonds is 5. The predicted octanol–water partition coefficient (Wildman–Crippen LogP) is 1.98. The van der Waals surface area contributed by atoms with Crippen LogP contribution in [0.5, 0.6) is 0 Å². The van der Waals surface area contributed by atoms with Crippen LogP contribution in [-0.4, -0.2) is 20.9 Å². The Bertz CT molecular complexity index is 803. The number of benzene rings is 1. The first-order valence-corrected chi connectivity index (χ1v) is 7.28. The molecule has 0 radical (unpaired) electrons. The first-order chi connectivity index (χ1) is 10.7. The van der Waals surface area contributed by atoms with Crippen LogP contribution in [0.1, 0.15) is 23.9 Å². The number of aromatic nitrogens is 3. The molecule has 2 aromatic heterocycles. The van der Waals surface area contributed by atoms with Crippen molar-refractivity contribution >= 4 is 16.9 Å². The van der Waals surface area contributed by atoms with Gasteiger partial charge in [0.25, 0.3) is 0 Å². The van der Waals surface area contributed by atoms with Gasteiger partial charge in [-0.1, -0.05) is 25.1 Å². The van der Waals surface area contributed by atoms with E-state index in [1.807, 2.05) is 31.2 Å². The monoisotopic (exact) mass is 298 g/mol. The molecule has 1 N–H and O–H groups in total. The molecule has 0 saturated carbocycles. The molecule has 0 bridgehead atoms. The van der Waals surface area contributed by atoms with Crippen molar-refractivity contribution < 1.29 is 9.21 Å². The van der Waals surface area contributed by atoms with Crippen LogP contribution in [0.15, 0.2) is 34.9 Å². The number of amides is 1. The summed E-state index contributed by atoms with van der Waals surface area (Å²) >= 11 is 0. The Hall–Kier alpha value is -2.63. The number of fused-ring (bicyclic) bond motifs is 1. The average Bonchev–Trinajstić information content (AvgIpc) is 3.09. The lowest BCUT2D eigenvalue weighted by Crippen LogP contribution is -2.25. The second kappa shape index (κ2) is 6.01. The van der Waals surface area contributed by atoms with Gasteiger partial charge in [-0.05, 0) is 6.07 Å². The Morgan fingerprint density at radius 2 is 2.18 bits per heavy atom. The van der Waals surface area contributed by atoms with Gasteiger partial charge >= 0.3 is 0 Å². The quantitative estimate of drug-likeness (QED) is 0.781. The summed E-state index contributed by atoms with van der Waals surface area (Å²) in [6.45, 7) is 2.41. The summed E-state index contributed by atoms with van der Waals surface area (Å²) in [5, 5.41) is 12.0. The highest BCUT2D eigenvalue weighted by atomic mass is 16.3. The predicted molar refractivity (Wildman–Crippen MR) is 82.1 cm³/mol. The van der Waals surface area contributed by atoms with Gasteiger partial charge in [-0.15, -0.1) is 0 Å². The number of carbonyl (C=O) groups excluding carboxylic acids is 1. The largest absolute Gasteiger partial charge is 0.461 e. The Labute approximate surface area is 128 Å². The lowest BCUT2D eigenvalue weighted by molar-refractivity contribution is -0.120. The number of hydrogen-bond acceptors (Lipinski definition) is 4. The summed E-state index contributed by atoms with van der Waals surface area (Å²) in [5.74, 6) is 0.822. The lowest BCUT2D eigenvalue weighted by atomic mass is 10.1. The fraction of sp³-hybridized carbons (Fsp3) is 0.312. The summed E-state index contributed by atoms with van der Waals surface area (Å²) in [4.78, 5) is 13.7. The fourth-order valence-corrected chi connectivity index (χ4v) is 2.51. The normalized spacial score (nSPS) is 11.0. The molecule has 0 aliphatic carbocycles. The highest BCUT2D eigenvalue weighted by molar-refractivity contribution is 5.88. The van der Waals surface area contributed by atoms with Gasteiger partial charge < -0.3 is 9.73 Å². The van der Waals surface area contributed by atoms with E-state index in [1.54, 1.807) is 13.2 Å². The van der Waals surface area contributed by atoms with Crippen LogP contribution in [0, 0.1) is 0 Å². The summed E-state index contributed by atoms with van der Waals surface area (Å²) < 4.78 is 5.81. The molecule has 0 atom stereocenters. The van der Waals surface area contributed by atoms with Gasteiger partial charge in [-0.3, -0.25) is 4.79 Å². The molecule has 3 aromatic rings. The Balaban J connectivity index is 1.73. The van der Waals surface area contributed by atoms with Crippen molar-refractivity contribution in [3.63, 3.8) is 0 Å². The molecule has 0 unspecified atom stereocenters. The van der Waals surface area contributed by atoms with E-state index in [0.717, 1.165) is 34.4 Å². The number of para-hydroxylation sites is 1. The molecular formula is C16H18N4O2. The number of aryl methyl sites for hydroxylation is 2. The average molecular weight is 298 g/mol. The summed E-state index contributed by atoms with van der Waals surface area (Å²) in [6, 6.07) is 7.81. The third-order valence-corrected chi connectivity index (χ3v) is 3.55. The molecule has 0 fully saturated rings. The molecule has 3 rings (SSSR count). The molecular weight excluding hydrogens is 280 g/mol. The molecule has 1 aromatic carbocycles. The minimum atomic E-state index is -0.0492. The van der Waals surface area contributed by atoms with Crippen LogP contribution in [-0.2, 0) is 31.2 Å².